The van der Waals surface area contributed by atoms with Gasteiger partial charge in [-0.15, -0.1) is 0 Å². The highest BCUT2D eigenvalue weighted by Crippen LogP contribution is 2.16. The van der Waals surface area contributed by atoms with Crippen molar-refractivity contribution < 1.29 is 9.53 Å². The van der Waals surface area contributed by atoms with Gasteiger partial charge in [-0.3, -0.25) is 0 Å². The first-order chi connectivity index (χ1) is 8.11. The van der Waals surface area contributed by atoms with E-state index in [1.807, 2.05) is 23.3 Å². The molecule has 0 fully saturated rings. The molecular formula is C11H19N3O2S. The van der Waals surface area contributed by atoms with Gasteiger partial charge in [0, 0.05) is 6.54 Å². The number of nitrogens with two attached hydrogens (primary N) is 1. The average molecular weight is 257 g/mol. The van der Waals surface area contributed by atoms with Gasteiger partial charge >= 0.3 is 5.97 Å². The predicted molar refractivity (Wildman–Crippen MR) is 70.3 cm³/mol. The minimum atomic E-state index is -0.478. The number of ether oxygens (including phenoxy) is 1. The maximum absolute atomic E-state index is 11.4. The van der Waals surface area contributed by atoms with E-state index in [9.17, 15) is 4.79 Å². The molecule has 0 saturated heterocycles. The van der Waals surface area contributed by atoms with Crippen LogP contribution >= 0.6 is 11.8 Å². The summed E-state index contributed by atoms with van der Waals surface area (Å²) >= 11 is 1.83. The number of carbonyl (C=O) groups excluding carboxylic acids is 1. The zero-order valence-corrected chi connectivity index (χ0v) is 11.3. The van der Waals surface area contributed by atoms with E-state index in [0.717, 1.165) is 31.0 Å². The summed E-state index contributed by atoms with van der Waals surface area (Å²) in [5.41, 5.74) is 6.11. The Balaban J connectivity index is 2.72. The maximum atomic E-state index is 11.4. The minimum Gasteiger partial charge on any atom is -0.464 e. The molecule has 5 nitrogen and oxygen atoms in total. The van der Waals surface area contributed by atoms with Gasteiger partial charge < -0.3 is 15.0 Å². The molecule has 1 aromatic heterocycles. The second-order valence-corrected chi connectivity index (χ2v) is 4.72. The minimum absolute atomic E-state index is 0.217. The highest BCUT2D eigenvalue weighted by molar-refractivity contribution is 7.98. The van der Waals surface area contributed by atoms with Gasteiger partial charge in [0.05, 0.1) is 7.11 Å². The molecule has 0 spiro atoms. The smallest absolute Gasteiger partial charge is 0.360 e. The number of rotatable bonds is 6. The number of nitrogen functional groups attached to an aromatic ring is 1. The monoisotopic (exact) mass is 257 g/mol. The van der Waals surface area contributed by atoms with E-state index in [1.165, 1.54) is 7.11 Å². The number of esters is 1. The van der Waals surface area contributed by atoms with E-state index >= 15 is 0 Å². The van der Waals surface area contributed by atoms with E-state index in [-0.39, 0.29) is 5.69 Å². The summed E-state index contributed by atoms with van der Waals surface area (Å²) in [5, 5.41) is 0. The van der Waals surface area contributed by atoms with Crippen LogP contribution in [0.15, 0.2) is 0 Å². The van der Waals surface area contributed by atoms with Crippen LogP contribution in [-0.4, -0.2) is 34.6 Å². The van der Waals surface area contributed by atoms with Crippen LogP contribution < -0.4 is 5.73 Å². The van der Waals surface area contributed by atoms with Gasteiger partial charge in [-0.2, -0.15) is 11.8 Å². The van der Waals surface area contributed by atoms with E-state index in [1.54, 1.807) is 0 Å². The Bertz CT molecular complexity index is 390. The second-order valence-electron chi connectivity index (χ2n) is 3.74. The zero-order chi connectivity index (χ0) is 12.8. The lowest BCUT2D eigenvalue weighted by molar-refractivity contribution is 0.0595. The number of aryl methyl sites for hydroxylation is 1. The van der Waals surface area contributed by atoms with Gasteiger partial charge in [0.25, 0.3) is 0 Å². The quantitative estimate of drug-likeness (QED) is 0.620. The van der Waals surface area contributed by atoms with Crippen molar-refractivity contribution in [2.45, 2.75) is 26.3 Å². The molecule has 0 aliphatic heterocycles. The van der Waals surface area contributed by atoms with Gasteiger partial charge in [0.15, 0.2) is 5.69 Å². The van der Waals surface area contributed by atoms with Crippen LogP contribution in [0, 0.1) is 6.92 Å². The van der Waals surface area contributed by atoms with Crippen molar-refractivity contribution >= 4 is 23.5 Å². The molecule has 96 valence electrons. The molecule has 0 saturated carbocycles. The largest absolute Gasteiger partial charge is 0.464 e. The van der Waals surface area contributed by atoms with Crippen molar-refractivity contribution in [1.29, 1.82) is 0 Å². The number of hydrogen-bond donors (Lipinski definition) is 1. The fourth-order valence-corrected chi connectivity index (χ4v) is 2.12. The molecule has 0 aliphatic rings. The normalized spacial score (nSPS) is 10.5. The molecule has 0 unspecified atom stereocenters. The van der Waals surface area contributed by atoms with Crippen molar-refractivity contribution in [1.82, 2.24) is 9.55 Å². The number of methoxy groups -OCH3 is 1. The van der Waals surface area contributed by atoms with Crippen molar-refractivity contribution in [2.75, 3.05) is 24.9 Å². The molecule has 0 bridgehead atoms. The number of thioether (sulfide) groups is 1. The van der Waals surface area contributed by atoms with Crippen LogP contribution in [-0.2, 0) is 11.3 Å². The lowest BCUT2D eigenvalue weighted by Gasteiger charge is -2.06. The number of unbranched alkanes of at least 4 members (excludes halogenated alkanes) is 1. The third kappa shape index (κ3) is 3.39. The Morgan fingerprint density at radius 2 is 2.24 bits per heavy atom. The molecule has 2 N–H and O–H groups in total. The van der Waals surface area contributed by atoms with Gasteiger partial charge in [0.2, 0.25) is 0 Å². The fraction of sp³-hybridized carbons (Fsp3) is 0.636. The Labute approximate surface area is 106 Å². The summed E-state index contributed by atoms with van der Waals surface area (Å²) in [5.74, 6) is 1.82. The summed E-state index contributed by atoms with van der Waals surface area (Å²) in [6.07, 6.45) is 4.25. The first-order valence-corrected chi connectivity index (χ1v) is 6.91. The lowest BCUT2D eigenvalue weighted by Crippen LogP contribution is -2.09. The highest BCUT2D eigenvalue weighted by atomic mass is 32.2. The van der Waals surface area contributed by atoms with Gasteiger partial charge in [-0.25, -0.2) is 9.78 Å². The third-order valence-electron chi connectivity index (χ3n) is 2.56. The highest BCUT2D eigenvalue weighted by Gasteiger charge is 2.18. The van der Waals surface area contributed by atoms with Crippen molar-refractivity contribution in [3.8, 4) is 0 Å². The van der Waals surface area contributed by atoms with E-state index in [2.05, 4.69) is 16.0 Å². The first-order valence-electron chi connectivity index (χ1n) is 5.51. The van der Waals surface area contributed by atoms with Crippen molar-refractivity contribution in [3.63, 3.8) is 0 Å². The molecule has 1 heterocycles. The number of nitrogens with zero attached hydrogens (tertiary/aromatic N) is 2. The molecule has 0 amide bonds. The average Bonchev–Trinajstić information content (AvgIpc) is 2.60. The molecule has 0 radical (unpaired) electrons. The van der Waals surface area contributed by atoms with Crippen LogP contribution in [0.3, 0.4) is 0 Å². The van der Waals surface area contributed by atoms with Crippen LogP contribution in [0.4, 0.5) is 5.82 Å². The number of aromatic nitrogens is 2. The fourth-order valence-electron chi connectivity index (χ4n) is 1.63. The zero-order valence-electron chi connectivity index (χ0n) is 10.5. The summed E-state index contributed by atoms with van der Waals surface area (Å²) in [6, 6.07) is 0. The van der Waals surface area contributed by atoms with E-state index < -0.39 is 5.97 Å². The van der Waals surface area contributed by atoms with E-state index in [0.29, 0.717) is 5.82 Å². The molecule has 1 aromatic rings. The van der Waals surface area contributed by atoms with E-state index in [4.69, 9.17) is 5.73 Å². The number of imidazole rings is 1. The van der Waals surface area contributed by atoms with Crippen LogP contribution in [0.25, 0.3) is 0 Å². The van der Waals surface area contributed by atoms with Crippen LogP contribution in [0.1, 0.15) is 29.2 Å². The summed E-state index contributed by atoms with van der Waals surface area (Å²) in [4.78, 5) is 15.5. The number of hydrogen-bond acceptors (Lipinski definition) is 5. The topological polar surface area (TPSA) is 70.1 Å². The lowest BCUT2D eigenvalue weighted by atomic mass is 10.3. The van der Waals surface area contributed by atoms with Gasteiger partial charge in [-0.1, -0.05) is 0 Å². The molecule has 0 atom stereocenters. The molecular weight excluding hydrogens is 238 g/mol. The second kappa shape index (κ2) is 6.54. The first kappa shape index (κ1) is 13.9. The number of carbonyl (C=O) groups is 1. The predicted octanol–water partition coefficient (Wildman–Crippen LogP) is 1.70. The molecule has 6 heteroatoms. The maximum Gasteiger partial charge on any atom is 0.360 e. The molecule has 0 aromatic carbocycles. The molecule has 0 aliphatic carbocycles. The third-order valence-corrected chi connectivity index (χ3v) is 3.25. The van der Waals surface area contributed by atoms with Gasteiger partial charge in [0.1, 0.15) is 11.6 Å². The molecule has 1 rings (SSSR count). The Morgan fingerprint density at radius 3 is 2.82 bits per heavy atom. The summed E-state index contributed by atoms with van der Waals surface area (Å²) < 4.78 is 6.50. The Hall–Kier alpha value is -1.17. The standard InChI is InChI=1S/C11H19N3O2S/c1-8-13-9(11(15)16-2)10(12)14(8)6-4-5-7-17-3/h4-7,12H2,1-3H3. The SMILES string of the molecule is COC(=O)c1nc(C)n(CCCCSC)c1N. The van der Waals surface area contributed by atoms with Crippen LogP contribution in [0.5, 0.6) is 0 Å². The Morgan fingerprint density at radius 1 is 1.53 bits per heavy atom. The van der Waals surface area contributed by atoms with Crippen molar-refractivity contribution in [3.05, 3.63) is 11.5 Å². The summed E-state index contributed by atoms with van der Waals surface area (Å²) in [6.45, 7) is 2.64. The Kier molecular flexibility index (Phi) is 5.34. The summed E-state index contributed by atoms with van der Waals surface area (Å²) in [7, 11) is 1.33. The van der Waals surface area contributed by atoms with Crippen molar-refractivity contribution in [2.24, 2.45) is 0 Å². The molecule has 17 heavy (non-hydrogen) atoms. The van der Waals surface area contributed by atoms with Crippen LogP contribution in [0.2, 0.25) is 0 Å². The van der Waals surface area contributed by atoms with Gasteiger partial charge in [-0.05, 0) is 31.8 Å². The number of anilines is 1.